The van der Waals surface area contributed by atoms with Crippen molar-refractivity contribution in [2.24, 2.45) is 0 Å². The molecule has 1 aliphatic rings. The molecule has 0 spiro atoms. The van der Waals surface area contributed by atoms with Crippen LogP contribution < -0.4 is 10.9 Å². The van der Waals surface area contributed by atoms with E-state index in [1.807, 2.05) is 0 Å². The van der Waals surface area contributed by atoms with Gasteiger partial charge in [-0.25, -0.2) is 0 Å². The predicted molar refractivity (Wildman–Crippen MR) is 238 cm³/mol. The number of benzene rings is 7. The zero-order chi connectivity index (χ0) is 38.0. The Bertz CT molecular complexity index is 3020. The van der Waals surface area contributed by atoms with Crippen molar-refractivity contribution in [1.29, 1.82) is 0 Å². The minimum atomic E-state index is -0.0347. The van der Waals surface area contributed by atoms with E-state index < -0.39 is 0 Å². The summed E-state index contributed by atoms with van der Waals surface area (Å²) in [6.45, 7) is 18.5. The second kappa shape index (κ2) is 11.9. The van der Waals surface area contributed by atoms with E-state index in [0.717, 1.165) is 0 Å². The molecule has 0 saturated heterocycles. The molecule has 55 heavy (non-hydrogen) atoms. The fourth-order valence-electron chi connectivity index (χ4n) is 9.18. The maximum Gasteiger partial charge on any atom is 0.197 e. The molecule has 10 rings (SSSR count). The van der Waals surface area contributed by atoms with Crippen LogP contribution in [0.1, 0.15) is 63.8 Å². The predicted octanol–water partition coefficient (Wildman–Crippen LogP) is 12.6. The summed E-state index contributed by atoms with van der Waals surface area (Å²) in [5.74, 6) is 0. The number of aromatic nitrogens is 2. The molecule has 0 fully saturated rings. The van der Waals surface area contributed by atoms with Gasteiger partial charge in [-0.1, -0.05) is 132 Å². The lowest BCUT2D eigenvalue weighted by atomic mass is 9.57. The molecule has 2 nitrogen and oxygen atoms in total. The van der Waals surface area contributed by atoms with E-state index in [1.54, 1.807) is 0 Å². The number of hydrogen-bond acceptors (Lipinski definition) is 0. The van der Waals surface area contributed by atoms with E-state index in [9.17, 15) is 0 Å². The maximum absolute atomic E-state index is 3.95. The van der Waals surface area contributed by atoms with Gasteiger partial charge in [0.15, 0.2) is 7.28 Å². The quantitative estimate of drug-likeness (QED) is 0.176. The molecule has 9 aromatic rings. The molecule has 0 saturated carbocycles. The highest BCUT2D eigenvalue weighted by molar-refractivity contribution is 6.73. The van der Waals surface area contributed by atoms with Crippen molar-refractivity contribution in [3.63, 3.8) is 0 Å². The molecule has 1 N–H and O–H groups in total. The van der Waals surface area contributed by atoms with Crippen molar-refractivity contribution in [2.75, 3.05) is 0 Å². The Morgan fingerprint density at radius 2 is 1.18 bits per heavy atom. The van der Waals surface area contributed by atoms with Crippen molar-refractivity contribution in [3.8, 4) is 39.1 Å². The normalized spacial score (nSPS) is 12.9. The van der Waals surface area contributed by atoms with E-state index in [0.29, 0.717) is 0 Å². The highest BCUT2D eigenvalue weighted by Gasteiger charge is 2.30. The number of aryl methyl sites for hydroxylation is 2. The van der Waals surface area contributed by atoms with Crippen molar-refractivity contribution in [2.45, 2.75) is 66.2 Å². The topological polar surface area (TPSA) is 20.7 Å². The van der Waals surface area contributed by atoms with Crippen LogP contribution in [-0.4, -0.2) is 16.8 Å². The van der Waals surface area contributed by atoms with Crippen LogP contribution in [0.15, 0.2) is 127 Å². The van der Waals surface area contributed by atoms with E-state index >= 15 is 0 Å². The lowest BCUT2D eigenvalue weighted by Crippen LogP contribution is -2.38. The van der Waals surface area contributed by atoms with E-state index in [-0.39, 0.29) is 10.8 Å². The van der Waals surface area contributed by atoms with Gasteiger partial charge in [0.2, 0.25) is 0 Å². The Labute approximate surface area is 325 Å². The smallest absolute Gasteiger partial charge is 0.197 e. The average molecular weight is 710 g/mol. The highest BCUT2D eigenvalue weighted by Crippen LogP contribution is 2.43. The van der Waals surface area contributed by atoms with Gasteiger partial charge in [0.25, 0.3) is 0 Å². The fourth-order valence-corrected chi connectivity index (χ4v) is 9.18. The summed E-state index contributed by atoms with van der Waals surface area (Å²) in [6.07, 6.45) is 0. The van der Waals surface area contributed by atoms with Crippen LogP contribution in [0.5, 0.6) is 0 Å². The highest BCUT2D eigenvalue weighted by atomic mass is 15.0. The summed E-state index contributed by atoms with van der Waals surface area (Å²) < 4.78 is 2.57. The van der Waals surface area contributed by atoms with Gasteiger partial charge in [0, 0.05) is 43.8 Å². The van der Waals surface area contributed by atoms with Crippen LogP contribution in [0.4, 0.5) is 0 Å². The molecule has 0 bridgehead atoms. The fraction of sp³-hybridized carbons (Fsp3) is 0.192. The number of hydrogen-bond donors (Lipinski definition) is 1. The van der Waals surface area contributed by atoms with Crippen LogP contribution in [-0.2, 0) is 10.8 Å². The molecule has 7 aromatic carbocycles. The number of nitrogens with one attached hydrogen (secondary N) is 1. The first-order valence-corrected chi connectivity index (χ1v) is 19.7. The zero-order valence-electron chi connectivity index (χ0n) is 33.1. The summed E-state index contributed by atoms with van der Waals surface area (Å²) in [7, 11) is 2.49. The summed E-state index contributed by atoms with van der Waals surface area (Å²) in [5.41, 5.74) is 21.5. The summed E-state index contributed by atoms with van der Waals surface area (Å²) in [6, 6.07) is 47.8. The Kier molecular flexibility index (Phi) is 7.27. The first-order chi connectivity index (χ1) is 26.3. The minimum absolute atomic E-state index is 0.0347. The molecular formula is C52H46BN2. The summed E-state index contributed by atoms with van der Waals surface area (Å²) >= 11 is 0. The van der Waals surface area contributed by atoms with Gasteiger partial charge in [-0.05, 0) is 123 Å². The Balaban J connectivity index is 1.31. The van der Waals surface area contributed by atoms with Crippen molar-refractivity contribution in [1.82, 2.24) is 9.55 Å². The molecule has 3 heteroatoms. The monoisotopic (exact) mass is 709 g/mol. The van der Waals surface area contributed by atoms with Crippen molar-refractivity contribution in [3.05, 3.63) is 150 Å². The number of fused-ring (bicyclic) bond motifs is 8. The van der Waals surface area contributed by atoms with E-state index in [2.05, 4.69) is 200 Å². The maximum atomic E-state index is 3.95. The molecule has 0 aliphatic carbocycles. The third-order valence-electron chi connectivity index (χ3n) is 12.1. The summed E-state index contributed by atoms with van der Waals surface area (Å²) in [5, 5.41) is 5.15. The second-order valence-electron chi connectivity index (χ2n) is 17.9. The van der Waals surface area contributed by atoms with E-state index in [4.69, 9.17) is 0 Å². The molecule has 3 heterocycles. The van der Waals surface area contributed by atoms with Crippen LogP contribution in [0.25, 0.3) is 82.7 Å². The van der Waals surface area contributed by atoms with Gasteiger partial charge in [-0.2, -0.15) is 0 Å². The van der Waals surface area contributed by atoms with Gasteiger partial charge in [0.1, 0.15) is 0 Å². The lowest BCUT2D eigenvalue weighted by Gasteiger charge is -2.28. The third-order valence-corrected chi connectivity index (χ3v) is 12.1. The standard InChI is InChI=1S/C52H46BN2/c1-30-23-31(2)49-47(46(30)42-29-37(52(6,7)8)28-40-38-27-36(51(3,4)5)20-21-44(38)54-48(40)42)53-43-26-35(33-17-13-10-14-18-33)25-41-39-24-34(32-15-11-9-12-16-32)19-22-45(39)55(49)50(41)43/h9-29,54H,1-8H3. The average Bonchev–Trinajstić information content (AvgIpc) is 3.70. The van der Waals surface area contributed by atoms with E-state index in [1.165, 1.54) is 116 Å². The molecule has 267 valence electrons. The number of aromatic amines is 1. The lowest BCUT2D eigenvalue weighted by molar-refractivity contribution is 0.590. The third kappa shape index (κ3) is 5.24. The van der Waals surface area contributed by atoms with Gasteiger partial charge in [0.05, 0.1) is 11.0 Å². The van der Waals surface area contributed by atoms with Gasteiger partial charge >= 0.3 is 0 Å². The van der Waals surface area contributed by atoms with Crippen LogP contribution in [0, 0.1) is 13.8 Å². The Morgan fingerprint density at radius 3 is 1.87 bits per heavy atom. The molecule has 0 unspecified atom stereocenters. The summed E-state index contributed by atoms with van der Waals surface area (Å²) in [4.78, 5) is 3.95. The Hall–Kier alpha value is -5.80. The number of H-pyrrole nitrogens is 1. The number of rotatable bonds is 3. The van der Waals surface area contributed by atoms with Crippen LogP contribution in [0.3, 0.4) is 0 Å². The van der Waals surface area contributed by atoms with Crippen molar-refractivity contribution >= 4 is 61.8 Å². The van der Waals surface area contributed by atoms with Gasteiger partial charge in [-0.15, -0.1) is 0 Å². The molecule has 2 aromatic heterocycles. The number of nitrogens with zero attached hydrogens (tertiary/aromatic N) is 1. The van der Waals surface area contributed by atoms with Crippen LogP contribution >= 0.6 is 0 Å². The van der Waals surface area contributed by atoms with Gasteiger partial charge < -0.3 is 9.55 Å². The molecule has 1 aliphatic heterocycles. The largest absolute Gasteiger partial charge is 0.354 e. The molecular weight excluding hydrogens is 663 g/mol. The first-order valence-electron chi connectivity index (χ1n) is 19.7. The Morgan fingerprint density at radius 1 is 0.527 bits per heavy atom. The van der Waals surface area contributed by atoms with Gasteiger partial charge in [-0.3, -0.25) is 0 Å². The zero-order valence-corrected chi connectivity index (χ0v) is 33.1. The molecule has 1 radical (unpaired) electrons. The minimum Gasteiger partial charge on any atom is -0.354 e. The van der Waals surface area contributed by atoms with Crippen LogP contribution in [0.2, 0.25) is 0 Å². The molecule has 0 amide bonds. The second-order valence-corrected chi connectivity index (χ2v) is 17.9. The SMILES string of the molecule is Cc1cc(C)c2c(c1-c1cc(C(C)(C)C)cc3c1[nH]c1ccc(C(C)(C)C)cc13)[B]c1cc(-c3ccccc3)cc3c4cc(-c5ccccc5)ccc4n-2c13. The molecule has 0 atom stereocenters. The first kappa shape index (κ1) is 33.7. The van der Waals surface area contributed by atoms with Crippen molar-refractivity contribution < 1.29 is 0 Å².